The molecule has 0 bridgehead atoms. The van der Waals surface area contributed by atoms with Crippen LogP contribution >= 0.6 is 0 Å². The van der Waals surface area contributed by atoms with Crippen LogP contribution in [0.4, 0.5) is 0 Å². The molecule has 0 saturated heterocycles. The number of benzene rings is 2. The highest BCUT2D eigenvalue weighted by Gasteiger charge is 2.19. The van der Waals surface area contributed by atoms with Gasteiger partial charge in [0, 0.05) is 11.8 Å². The zero-order valence-electron chi connectivity index (χ0n) is 12.7. The van der Waals surface area contributed by atoms with Crippen LogP contribution in [0.2, 0.25) is 0 Å². The molecule has 3 aromatic rings. The van der Waals surface area contributed by atoms with Crippen molar-refractivity contribution in [2.24, 2.45) is 5.73 Å². The van der Waals surface area contributed by atoms with Gasteiger partial charge in [-0.3, -0.25) is 9.78 Å². The van der Waals surface area contributed by atoms with Crippen LogP contribution in [-0.4, -0.2) is 17.7 Å². The van der Waals surface area contributed by atoms with E-state index in [1.807, 2.05) is 54.6 Å². The van der Waals surface area contributed by atoms with Gasteiger partial charge < -0.3 is 15.2 Å². The maximum absolute atomic E-state index is 11.9. The second-order valence-corrected chi connectivity index (χ2v) is 5.38. The van der Waals surface area contributed by atoms with E-state index < -0.39 is 5.91 Å². The Kier molecular flexibility index (Phi) is 3.39. The number of primary amides is 1. The van der Waals surface area contributed by atoms with E-state index in [-0.39, 0.29) is 12.5 Å². The molecule has 2 heterocycles. The van der Waals surface area contributed by atoms with E-state index >= 15 is 0 Å². The van der Waals surface area contributed by atoms with Crippen LogP contribution in [0, 0.1) is 0 Å². The number of carbonyl (C=O) groups is 1. The van der Waals surface area contributed by atoms with Crippen LogP contribution in [0.25, 0.3) is 22.3 Å². The van der Waals surface area contributed by atoms with Crippen molar-refractivity contribution in [3.63, 3.8) is 0 Å². The van der Waals surface area contributed by atoms with E-state index in [9.17, 15) is 4.79 Å². The minimum Gasteiger partial charge on any atom is -0.454 e. The molecule has 1 aliphatic heterocycles. The third kappa shape index (κ3) is 2.36. The van der Waals surface area contributed by atoms with E-state index in [0.717, 1.165) is 16.7 Å². The Bertz CT molecular complexity index is 923. The Morgan fingerprint density at radius 2 is 1.75 bits per heavy atom. The lowest BCUT2D eigenvalue weighted by molar-refractivity contribution is 0.0996. The number of ether oxygens (including phenoxy) is 2. The highest BCUT2D eigenvalue weighted by atomic mass is 16.7. The first-order valence-electron chi connectivity index (χ1n) is 7.48. The Morgan fingerprint density at radius 1 is 0.958 bits per heavy atom. The zero-order chi connectivity index (χ0) is 16.5. The second-order valence-electron chi connectivity index (χ2n) is 5.38. The van der Waals surface area contributed by atoms with Crippen LogP contribution in [0.1, 0.15) is 10.5 Å². The summed E-state index contributed by atoms with van der Waals surface area (Å²) in [5.74, 6) is 0.838. The first kappa shape index (κ1) is 14.3. The lowest BCUT2D eigenvalue weighted by Gasteiger charge is -2.13. The molecule has 1 aliphatic rings. The highest BCUT2D eigenvalue weighted by molar-refractivity contribution is 6.02. The summed E-state index contributed by atoms with van der Waals surface area (Å²) in [5, 5.41) is 0. The molecule has 0 spiro atoms. The number of amides is 1. The molecule has 0 unspecified atom stereocenters. The molecule has 24 heavy (non-hydrogen) atoms. The van der Waals surface area contributed by atoms with Crippen molar-refractivity contribution in [2.45, 2.75) is 0 Å². The first-order valence-corrected chi connectivity index (χ1v) is 7.48. The Balaban J connectivity index is 1.96. The number of nitrogens with two attached hydrogens (primary N) is 1. The number of fused-ring (bicyclic) bond motifs is 1. The van der Waals surface area contributed by atoms with Crippen molar-refractivity contribution in [3.05, 3.63) is 66.5 Å². The number of aromatic nitrogens is 1. The van der Waals surface area contributed by atoms with Crippen molar-refractivity contribution in [2.75, 3.05) is 6.79 Å². The SMILES string of the molecule is NC(=O)c1nccc(-c2ccc3c(c2)OCO3)c1-c1ccccc1. The fraction of sp³-hybridized carbons (Fsp3) is 0.0526. The van der Waals surface area contributed by atoms with Gasteiger partial charge in [0.05, 0.1) is 0 Å². The Labute approximate surface area is 138 Å². The van der Waals surface area contributed by atoms with Crippen LogP contribution in [-0.2, 0) is 0 Å². The second kappa shape index (κ2) is 5.70. The minimum atomic E-state index is -0.559. The predicted octanol–water partition coefficient (Wildman–Crippen LogP) is 3.24. The van der Waals surface area contributed by atoms with Gasteiger partial charge in [0.2, 0.25) is 6.79 Å². The zero-order valence-corrected chi connectivity index (χ0v) is 12.7. The van der Waals surface area contributed by atoms with Gasteiger partial charge in [-0.05, 0) is 34.9 Å². The molecule has 0 fully saturated rings. The summed E-state index contributed by atoms with van der Waals surface area (Å²) in [6.07, 6.45) is 1.59. The van der Waals surface area contributed by atoms with Gasteiger partial charge in [-0.1, -0.05) is 36.4 Å². The van der Waals surface area contributed by atoms with Gasteiger partial charge in [0.25, 0.3) is 5.91 Å². The quantitative estimate of drug-likeness (QED) is 0.804. The molecular formula is C19H14N2O3. The summed E-state index contributed by atoms with van der Waals surface area (Å²) in [6.45, 7) is 0.215. The average molecular weight is 318 g/mol. The monoisotopic (exact) mass is 318 g/mol. The highest BCUT2D eigenvalue weighted by Crippen LogP contribution is 2.39. The molecule has 0 radical (unpaired) electrons. The van der Waals surface area contributed by atoms with Crippen LogP contribution in [0.15, 0.2) is 60.8 Å². The molecule has 2 N–H and O–H groups in total. The minimum absolute atomic E-state index is 0.215. The summed E-state index contributed by atoms with van der Waals surface area (Å²) in [6, 6.07) is 17.2. The largest absolute Gasteiger partial charge is 0.454 e. The van der Waals surface area contributed by atoms with Crippen LogP contribution < -0.4 is 15.2 Å². The maximum Gasteiger partial charge on any atom is 0.267 e. The molecule has 4 rings (SSSR count). The van der Waals surface area contributed by atoms with Gasteiger partial charge in [0.1, 0.15) is 5.69 Å². The molecule has 5 nitrogen and oxygen atoms in total. The normalized spacial score (nSPS) is 12.2. The lowest BCUT2D eigenvalue weighted by Crippen LogP contribution is -2.15. The van der Waals surface area contributed by atoms with Crippen molar-refractivity contribution in [1.29, 1.82) is 0 Å². The third-order valence-electron chi connectivity index (χ3n) is 3.93. The molecule has 2 aromatic carbocycles. The van der Waals surface area contributed by atoms with E-state index in [1.165, 1.54) is 0 Å². The van der Waals surface area contributed by atoms with Gasteiger partial charge in [-0.25, -0.2) is 0 Å². The molecular weight excluding hydrogens is 304 g/mol. The standard InChI is InChI=1S/C19H14N2O3/c20-19(22)18-17(12-4-2-1-3-5-12)14(8-9-21-18)13-6-7-15-16(10-13)24-11-23-15/h1-10H,11H2,(H2,20,22). The fourth-order valence-electron chi connectivity index (χ4n) is 2.85. The number of hydrogen-bond acceptors (Lipinski definition) is 4. The van der Waals surface area contributed by atoms with Crippen molar-refractivity contribution >= 4 is 5.91 Å². The summed E-state index contributed by atoms with van der Waals surface area (Å²) < 4.78 is 10.8. The number of rotatable bonds is 3. The number of pyridine rings is 1. The maximum atomic E-state index is 11.9. The molecule has 5 heteroatoms. The smallest absolute Gasteiger partial charge is 0.267 e. The van der Waals surface area contributed by atoms with Crippen molar-refractivity contribution in [3.8, 4) is 33.8 Å². The van der Waals surface area contributed by atoms with Crippen LogP contribution in [0.5, 0.6) is 11.5 Å². The number of nitrogens with zero attached hydrogens (tertiary/aromatic N) is 1. The molecule has 1 amide bonds. The number of hydrogen-bond donors (Lipinski definition) is 1. The van der Waals surface area contributed by atoms with Gasteiger partial charge in [-0.15, -0.1) is 0 Å². The number of carbonyl (C=O) groups excluding carboxylic acids is 1. The van der Waals surface area contributed by atoms with E-state index in [4.69, 9.17) is 15.2 Å². The predicted molar refractivity (Wildman–Crippen MR) is 89.7 cm³/mol. The van der Waals surface area contributed by atoms with Crippen molar-refractivity contribution in [1.82, 2.24) is 4.98 Å². The van der Waals surface area contributed by atoms with Gasteiger partial charge in [0.15, 0.2) is 11.5 Å². The van der Waals surface area contributed by atoms with E-state index in [0.29, 0.717) is 17.1 Å². The summed E-state index contributed by atoms with van der Waals surface area (Å²) >= 11 is 0. The average Bonchev–Trinajstić information content (AvgIpc) is 3.09. The van der Waals surface area contributed by atoms with E-state index in [2.05, 4.69) is 4.98 Å². The Morgan fingerprint density at radius 3 is 2.54 bits per heavy atom. The topological polar surface area (TPSA) is 74.4 Å². The van der Waals surface area contributed by atoms with Crippen LogP contribution in [0.3, 0.4) is 0 Å². The first-order chi connectivity index (χ1) is 11.7. The molecule has 0 aliphatic carbocycles. The van der Waals surface area contributed by atoms with Gasteiger partial charge >= 0.3 is 0 Å². The molecule has 0 saturated carbocycles. The summed E-state index contributed by atoms with van der Waals surface area (Å²) in [5.41, 5.74) is 9.15. The fourth-order valence-corrected chi connectivity index (χ4v) is 2.85. The molecule has 1 aromatic heterocycles. The van der Waals surface area contributed by atoms with Gasteiger partial charge in [-0.2, -0.15) is 0 Å². The summed E-state index contributed by atoms with van der Waals surface area (Å²) in [4.78, 5) is 16.1. The van der Waals surface area contributed by atoms with Crippen molar-refractivity contribution < 1.29 is 14.3 Å². The van der Waals surface area contributed by atoms with E-state index in [1.54, 1.807) is 6.20 Å². The third-order valence-corrected chi connectivity index (χ3v) is 3.93. The Hall–Kier alpha value is -3.34. The molecule has 118 valence electrons. The lowest BCUT2D eigenvalue weighted by atomic mass is 9.93. The summed E-state index contributed by atoms with van der Waals surface area (Å²) in [7, 11) is 0. The molecule has 0 atom stereocenters.